The number of aromatic nitrogens is 3. The minimum Gasteiger partial charge on any atom is -0.481 e. The first kappa shape index (κ1) is 16.4. The predicted octanol–water partition coefficient (Wildman–Crippen LogP) is 1.52. The first-order valence-electron chi connectivity index (χ1n) is 7.47. The molecule has 0 atom stereocenters. The maximum absolute atomic E-state index is 12.4. The fraction of sp³-hybridized carbons (Fsp3) is 0.176. The highest BCUT2D eigenvalue weighted by atomic mass is 16.5. The van der Waals surface area contributed by atoms with Crippen LogP contribution in [0.3, 0.4) is 0 Å². The van der Waals surface area contributed by atoms with E-state index in [9.17, 15) is 9.59 Å². The quantitative estimate of drug-likeness (QED) is 0.729. The van der Waals surface area contributed by atoms with Crippen molar-refractivity contribution in [3.05, 3.63) is 52.4 Å². The number of fused-ring (bicyclic) bond motifs is 1. The normalized spacial score (nSPS) is 10.5. The number of nitrogens with one attached hydrogen (secondary N) is 2. The number of ether oxygens (including phenoxy) is 2. The number of methoxy groups -OCH3 is 2. The lowest BCUT2D eigenvalue weighted by Crippen LogP contribution is -2.19. The van der Waals surface area contributed by atoms with E-state index < -0.39 is 0 Å². The molecule has 0 bridgehead atoms. The summed E-state index contributed by atoms with van der Waals surface area (Å²) < 4.78 is 10.2. The number of pyridine rings is 1. The summed E-state index contributed by atoms with van der Waals surface area (Å²) >= 11 is 0. The van der Waals surface area contributed by atoms with Gasteiger partial charge in [0.2, 0.25) is 17.7 Å². The second kappa shape index (κ2) is 7.00. The lowest BCUT2D eigenvalue weighted by molar-refractivity contribution is -0.115. The van der Waals surface area contributed by atoms with Gasteiger partial charge in [0.15, 0.2) is 0 Å². The molecule has 0 fully saturated rings. The number of benzene rings is 1. The van der Waals surface area contributed by atoms with Crippen LogP contribution >= 0.6 is 0 Å². The van der Waals surface area contributed by atoms with Crippen LogP contribution in [-0.4, -0.2) is 35.3 Å². The van der Waals surface area contributed by atoms with Crippen molar-refractivity contribution < 1.29 is 14.3 Å². The number of rotatable bonds is 5. The van der Waals surface area contributed by atoms with Crippen LogP contribution in [0.15, 0.2) is 41.2 Å². The number of H-pyrrole nitrogens is 1. The first-order valence-corrected chi connectivity index (χ1v) is 7.47. The van der Waals surface area contributed by atoms with Crippen molar-refractivity contribution in [1.29, 1.82) is 0 Å². The van der Waals surface area contributed by atoms with E-state index in [-0.39, 0.29) is 23.8 Å². The molecule has 0 aliphatic carbocycles. The highest BCUT2D eigenvalue weighted by molar-refractivity contribution is 5.96. The third-order valence-corrected chi connectivity index (χ3v) is 3.61. The standard InChI is InChI=1S/C17H16N4O4/c1-24-15-8-7-12(17(19-15)25-2)18-14(22)9-13-10-5-3-4-6-11(10)16(23)21-20-13/h3-8H,9H2,1-2H3,(H,18,22)(H,21,23). The third-order valence-electron chi connectivity index (χ3n) is 3.61. The molecule has 0 radical (unpaired) electrons. The van der Waals surface area contributed by atoms with Crippen LogP contribution in [0, 0.1) is 0 Å². The van der Waals surface area contributed by atoms with Gasteiger partial charge in [0, 0.05) is 11.5 Å². The summed E-state index contributed by atoms with van der Waals surface area (Å²) in [7, 11) is 2.95. The van der Waals surface area contributed by atoms with Gasteiger partial charge in [-0.1, -0.05) is 18.2 Å². The van der Waals surface area contributed by atoms with Crippen molar-refractivity contribution in [2.75, 3.05) is 19.5 Å². The molecular formula is C17H16N4O4. The second-order valence-electron chi connectivity index (χ2n) is 5.18. The van der Waals surface area contributed by atoms with Crippen molar-refractivity contribution in [2.24, 2.45) is 0 Å². The monoisotopic (exact) mass is 340 g/mol. The summed E-state index contributed by atoms with van der Waals surface area (Å²) in [5, 5.41) is 10.3. The van der Waals surface area contributed by atoms with Crippen molar-refractivity contribution in [2.45, 2.75) is 6.42 Å². The van der Waals surface area contributed by atoms with Gasteiger partial charge in [-0.3, -0.25) is 9.59 Å². The van der Waals surface area contributed by atoms with Gasteiger partial charge in [-0.25, -0.2) is 5.10 Å². The molecule has 3 aromatic rings. The zero-order valence-corrected chi connectivity index (χ0v) is 13.7. The van der Waals surface area contributed by atoms with Crippen molar-refractivity contribution in [3.8, 4) is 11.8 Å². The molecule has 0 unspecified atom stereocenters. The van der Waals surface area contributed by atoms with Gasteiger partial charge in [0.1, 0.15) is 5.69 Å². The highest BCUT2D eigenvalue weighted by Gasteiger charge is 2.14. The Morgan fingerprint density at radius 3 is 2.60 bits per heavy atom. The first-order chi connectivity index (χ1) is 12.1. The van der Waals surface area contributed by atoms with Gasteiger partial charge in [0.25, 0.3) is 5.56 Å². The summed E-state index contributed by atoms with van der Waals surface area (Å²) in [5.74, 6) is 0.310. The molecule has 25 heavy (non-hydrogen) atoms. The molecule has 2 N–H and O–H groups in total. The number of anilines is 1. The predicted molar refractivity (Wildman–Crippen MR) is 92.0 cm³/mol. The largest absolute Gasteiger partial charge is 0.481 e. The maximum atomic E-state index is 12.4. The lowest BCUT2D eigenvalue weighted by atomic mass is 10.1. The van der Waals surface area contributed by atoms with Gasteiger partial charge in [-0.05, 0) is 12.1 Å². The molecule has 1 aromatic carbocycles. The van der Waals surface area contributed by atoms with Gasteiger partial charge in [-0.15, -0.1) is 0 Å². The van der Waals surface area contributed by atoms with E-state index in [1.807, 2.05) is 0 Å². The second-order valence-corrected chi connectivity index (χ2v) is 5.18. The number of amides is 1. The number of aromatic amines is 1. The summed E-state index contributed by atoms with van der Waals surface area (Å²) in [5.41, 5.74) is 0.607. The Balaban J connectivity index is 1.84. The van der Waals surface area contributed by atoms with Gasteiger partial charge >= 0.3 is 0 Å². The maximum Gasteiger partial charge on any atom is 0.272 e. The van der Waals surface area contributed by atoms with E-state index >= 15 is 0 Å². The van der Waals surface area contributed by atoms with Crippen LogP contribution in [0.25, 0.3) is 10.8 Å². The molecule has 8 nitrogen and oxygen atoms in total. The summed E-state index contributed by atoms with van der Waals surface area (Å²) in [4.78, 5) is 28.3. The van der Waals surface area contributed by atoms with E-state index in [1.165, 1.54) is 14.2 Å². The van der Waals surface area contributed by atoms with Crippen LogP contribution in [0.2, 0.25) is 0 Å². The molecular weight excluding hydrogens is 324 g/mol. The molecule has 1 amide bonds. The Morgan fingerprint density at radius 1 is 1.12 bits per heavy atom. The number of nitrogens with zero attached hydrogens (tertiary/aromatic N) is 2. The summed E-state index contributed by atoms with van der Waals surface area (Å²) in [6.45, 7) is 0. The van der Waals surface area contributed by atoms with E-state index in [2.05, 4.69) is 20.5 Å². The Morgan fingerprint density at radius 2 is 1.88 bits per heavy atom. The molecule has 128 valence electrons. The van der Waals surface area contributed by atoms with E-state index in [0.717, 1.165) is 0 Å². The SMILES string of the molecule is COc1ccc(NC(=O)Cc2n[nH]c(=O)c3ccccc23)c(OC)n1. The molecule has 0 aliphatic heterocycles. The zero-order valence-electron chi connectivity index (χ0n) is 13.7. The van der Waals surface area contributed by atoms with Crippen molar-refractivity contribution in [1.82, 2.24) is 15.2 Å². The topological polar surface area (TPSA) is 106 Å². The van der Waals surface area contributed by atoms with Crippen LogP contribution < -0.4 is 20.3 Å². The Bertz CT molecular complexity index is 984. The minimum atomic E-state index is -0.310. The number of carbonyl (C=O) groups excluding carboxylic acids is 1. The fourth-order valence-electron chi connectivity index (χ4n) is 2.44. The van der Waals surface area contributed by atoms with E-state index in [0.29, 0.717) is 28.0 Å². The molecule has 2 heterocycles. The molecule has 8 heteroatoms. The average molecular weight is 340 g/mol. The Hall–Kier alpha value is -3.42. The fourth-order valence-corrected chi connectivity index (χ4v) is 2.44. The number of hydrogen-bond acceptors (Lipinski definition) is 6. The average Bonchev–Trinajstić information content (AvgIpc) is 2.64. The van der Waals surface area contributed by atoms with Gasteiger partial charge in [-0.2, -0.15) is 10.1 Å². The lowest BCUT2D eigenvalue weighted by Gasteiger charge is -2.10. The van der Waals surface area contributed by atoms with E-state index in [1.54, 1.807) is 36.4 Å². The molecule has 0 saturated heterocycles. The molecule has 0 saturated carbocycles. The third kappa shape index (κ3) is 3.42. The molecule has 0 aliphatic rings. The summed E-state index contributed by atoms with van der Waals surface area (Å²) in [6.07, 6.45) is -0.00746. The van der Waals surface area contributed by atoms with Crippen LogP contribution in [-0.2, 0) is 11.2 Å². The summed E-state index contributed by atoms with van der Waals surface area (Å²) in [6, 6.07) is 10.3. The van der Waals surface area contributed by atoms with Crippen molar-refractivity contribution >= 4 is 22.4 Å². The van der Waals surface area contributed by atoms with Gasteiger partial charge in [0.05, 0.1) is 31.7 Å². The van der Waals surface area contributed by atoms with Crippen LogP contribution in [0.1, 0.15) is 5.69 Å². The van der Waals surface area contributed by atoms with Gasteiger partial charge < -0.3 is 14.8 Å². The Kier molecular flexibility index (Phi) is 4.60. The zero-order chi connectivity index (χ0) is 17.8. The smallest absolute Gasteiger partial charge is 0.272 e. The molecule has 3 rings (SSSR count). The Labute approximate surface area is 142 Å². The highest BCUT2D eigenvalue weighted by Crippen LogP contribution is 2.25. The van der Waals surface area contributed by atoms with Crippen molar-refractivity contribution in [3.63, 3.8) is 0 Å². The number of carbonyl (C=O) groups is 1. The molecule has 0 spiro atoms. The molecule has 2 aromatic heterocycles. The minimum absolute atomic E-state index is 0.00746. The van der Waals surface area contributed by atoms with Crippen LogP contribution in [0.4, 0.5) is 5.69 Å². The van der Waals surface area contributed by atoms with E-state index in [4.69, 9.17) is 9.47 Å². The van der Waals surface area contributed by atoms with Crippen LogP contribution in [0.5, 0.6) is 11.8 Å². The number of hydrogen-bond donors (Lipinski definition) is 2.